The average Bonchev–Trinajstić information content (AvgIpc) is 2.69. The van der Waals surface area contributed by atoms with Crippen LogP contribution in [0.3, 0.4) is 0 Å². The lowest BCUT2D eigenvalue weighted by Crippen LogP contribution is -2.21. The summed E-state index contributed by atoms with van der Waals surface area (Å²) in [7, 11) is 1.30. The number of halogens is 1. The second kappa shape index (κ2) is 8.05. The van der Waals surface area contributed by atoms with E-state index >= 15 is 0 Å². The summed E-state index contributed by atoms with van der Waals surface area (Å²) in [6.45, 7) is 1.61. The lowest BCUT2D eigenvalue weighted by Gasteiger charge is -2.12. The fourth-order valence-electron chi connectivity index (χ4n) is 2.56. The maximum atomic E-state index is 12.3. The summed E-state index contributed by atoms with van der Waals surface area (Å²) >= 11 is 6.16. The van der Waals surface area contributed by atoms with Crippen molar-refractivity contribution in [2.75, 3.05) is 19.0 Å². The third-order valence-electron chi connectivity index (χ3n) is 3.97. The molecule has 0 radical (unpaired) electrons. The van der Waals surface area contributed by atoms with Crippen molar-refractivity contribution >= 4 is 40.1 Å². The average molecular weight is 385 g/mol. The number of anilines is 1. The standard InChI is InChI=1S/C20H17ClN2O4/c1-12-5-6-13(20(25)26-2)10-16(12)23-18(24)11-27-17-8-7-15(21)14-4-3-9-22-19(14)17/h3-10H,11H2,1-2H3,(H,23,24). The van der Waals surface area contributed by atoms with Gasteiger partial charge in [-0.2, -0.15) is 0 Å². The van der Waals surface area contributed by atoms with Crippen LogP contribution in [0.15, 0.2) is 48.7 Å². The molecule has 27 heavy (non-hydrogen) atoms. The van der Waals surface area contributed by atoms with Crippen LogP contribution in [0.4, 0.5) is 5.69 Å². The van der Waals surface area contributed by atoms with E-state index in [0.29, 0.717) is 27.5 Å². The van der Waals surface area contributed by atoms with Crippen molar-refractivity contribution in [3.05, 3.63) is 64.8 Å². The minimum atomic E-state index is -0.472. The van der Waals surface area contributed by atoms with Crippen LogP contribution in [-0.2, 0) is 9.53 Å². The molecule has 3 aromatic rings. The van der Waals surface area contributed by atoms with Crippen molar-refractivity contribution in [1.82, 2.24) is 4.98 Å². The van der Waals surface area contributed by atoms with Gasteiger partial charge in [0.15, 0.2) is 6.61 Å². The summed E-state index contributed by atoms with van der Waals surface area (Å²) in [5.41, 5.74) is 2.27. The Kier molecular flexibility index (Phi) is 5.57. The maximum Gasteiger partial charge on any atom is 0.337 e. The second-order valence-electron chi connectivity index (χ2n) is 5.80. The normalized spacial score (nSPS) is 10.5. The molecule has 0 saturated heterocycles. The zero-order valence-electron chi connectivity index (χ0n) is 14.8. The fourth-order valence-corrected chi connectivity index (χ4v) is 2.77. The number of aromatic nitrogens is 1. The van der Waals surface area contributed by atoms with Crippen LogP contribution >= 0.6 is 11.6 Å². The van der Waals surface area contributed by atoms with Crippen molar-refractivity contribution in [3.63, 3.8) is 0 Å². The van der Waals surface area contributed by atoms with Crippen molar-refractivity contribution in [2.45, 2.75) is 6.92 Å². The van der Waals surface area contributed by atoms with Gasteiger partial charge in [-0.05, 0) is 48.9 Å². The molecule has 0 aliphatic carbocycles. The molecule has 0 bridgehead atoms. The number of esters is 1. The van der Waals surface area contributed by atoms with E-state index in [2.05, 4.69) is 10.3 Å². The molecule has 1 amide bonds. The predicted octanol–water partition coefficient (Wildman–Crippen LogP) is 4.00. The molecule has 0 atom stereocenters. The first-order valence-electron chi connectivity index (χ1n) is 8.14. The van der Waals surface area contributed by atoms with Gasteiger partial charge < -0.3 is 14.8 Å². The van der Waals surface area contributed by atoms with Crippen LogP contribution in [0.1, 0.15) is 15.9 Å². The molecule has 1 N–H and O–H groups in total. The van der Waals surface area contributed by atoms with Gasteiger partial charge in [0.1, 0.15) is 11.3 Å². The molecule has 0 spiro atoms. The van der Waals surface area contributed by atoms with Crippen molar-refractivity contribution in [2.24, 2.45) is 0 Å². The zero-order chi connectivity index (χ0) is 19.4. The van der Waals surface area contributed by atoms with E-state index in [4.69, 9.17) is 21.1 Å². The van der Waals surface area contributed by atoms with E-state index in [9.17, 15) is 9.59 Å². The molecule has 1 aromatic heterocycles. The number of rotatable bonds is 5. The lowest BCUT2D eigenvalue weighted by molar-refractivity contribution is -0.118. The van der Waals surface area contributed by atoms with E-state index < -0.39 is 5.97 Å². The van der Waals surface area contributed by atoms with E-state index in [0.717, 1.165) is 10.9 Å². The highest BCUT2D eigenvalue weighted by Crippen LogP contribution is 2.29. The molecule has 0 fully saturated rings. The number of carbonyl (C=O) groups excluding carboxylic acids is 2. The number of pyridine rings is 1. The first-order valence-corrected chi connectivity index (χ1v) is 8.52. The van der Waals surface area contributed by atoms with Gasteiger partial charge in [0.25, 0.3) is 5.91 Å². The fraction of sp³-hybridized carbons (Fsp3) is 0.150. The van der Waals surface area contributed by atoms with E-state index in [-0.39, 0.29) is 12.5 Å². The summed E-state index contributed by atoms with van der Waals surface area (Å²) in [6, 6.07) is 11.9. The Balaban J connectivity index is 1.73. The lowest BCUT2D eigenvalue weighted by atomic mass is 10.1. The van der Waals surface area contributed by atoms with E-state index in [1.165, 1.54) is 7.11 Å². The van der Waals surface area contributed by atoms with Crippen LogP contribution in [0.25, 0.3) is 10.9 Å². The van der Waals surface area contributed by atoms with Crippen LogP contribution in [0.2, 0.25) is 5.02 Å². The SMILES string of the molecule is COC(=O)c1ccc(C)c(NC(=O)COc2ccc(Cl)c3cccnc23)c1. The number of fused-ring (bicyclic) bond motifs is 1. The number of ether oxygens (including phenoxy) is 2. The molecule has 1 heterocycles. The number of benzene rings is 2. The van der Waals surface area contributed by atoms with Gasteiger partial charge in [0.05, 0.1) is 17.7 Å². The Morgan fingerprint density at radius 3 is 2.78 bits per heavy atom. The van der Waals surface area contributed by atoms with Gasteiger partial charge in [-0.1, -0.05) is 17.7 Å². The van der Waals surface area contributed by atoms with Gasteiger partial charge in [-0.25, -0.2) is 4.79 Å². The number of carbonyl (C=O) groups is 2. The van der Waals surface area contributed by atoms with E-state index in [1.807, 2.05) is 13.0 Å². The smallest absolute Gasteiger partial charge is 0.337 e. The highest BCUT2D eigenvalue weighted by Gasteiger charge is 2.12. The summed E-state index contributed by atoms with van der Waals surface area (Å²) in [6.07, 6.45) is 1.63. The van der Waals surface area contributed by atoms with Gasteiger partial charge >= 0.3 is 5.97 Å². The predicted molar refractivity (Wildman–Crippen MR) is 103 cm³/mol. The topological polar surface area (TPSA) is 77.5 Å². The summed E-state index contributed by atoms with van der Waals surface area (Å²) in [5.74, 6) is -0.371. The van der Waals surface area contributed by atoms with Crippen LogP contribution in [0.5, 0.6) is 5.75 Å². The number of hydrogen-bond acceptors (Lipinski definition) is 5. The first-order chi connectivity index (χ1) is 13.0. The Labute approximate surface area is 161 Å². The minimum absolute atomic E-state index is 0.213. The highest BCUT2D eigenvalue weighted by molar-refractivity contribution is 6.35. The number of nitrogens with zero attached hydrogens (tertiary/aromatic N) is 1. The number of methoxy groups -OCH3 is 1. The maximum absolute atomic E-state index is 12.3. The van der Waals surface area contributed by atoms with Gasteiger partial charge in [-0.3, -0.25) is 9.78 Å². The monoisotopic (exact) mass is 384 g/mol. The number of hydrogen-bond donors (Lipinski definition) is 1. The Morgan fingerprint density at radius 1 is 1.19 bits per heavy atom. The van der Waals surface area contributed by atoms with Crippen molar-refractivity contribution in [3.8, 4) is 5.75 Å². The molecule has 6 nitrogen and oxygen atoms in total. The Hall–Kier alpha value is -3.12. The quantitative estimate of drug-likeness (QED) is 0.673. The highest BCUT2D eigenvalue weighted by atomic mass is 35.5. The number of aryl methyl sites for hydroxylation is 1. The zero-order valence-corrected chi connectivity index (χ0v) is 15.5. The molecule has 0 saturated carbocycles. The second-order valence-corrected chi connectivity index (χ2v) is 6.21. The van der Waals surface area contributed by atoms with Gasteiger partial charge in [0, 0.05) is 17.3 Å². The molecule has 0 aliphatic heterocycles. The molecular formula is C20H17ClN2O4. The van der Waals surface area contributed by atoms with Crippen molar-refractivity contribution in [1.29, 1.82) is 0 Å². The summed E-state index contributed by atoms with van der Waals surface area (Å²) < 4.78 is 10.3. The molecule has 138 valence electrons. The first kappa shape index (κ1) is 18.7. The van der Waals surface area contributed by atoms with Gasteiger partial charge in [-0.15, -0.1) is 0 Å². The number of nitrogens with one attached hydrogen (secondary N) is 1. The van der Waals surface area contributed by atoms with Crippen LogP contribution in [-0.4, -0.2) is 30.6 Å². The van der Waals surface area contributed by atoms with E-state index in [1.54, 1.807) is 42.6 Å². The number of amides is 1. The Morgan fingerprint density at radius 2 is 2.00 bits per heavy atom. The van der Waals surface area contributed by atoms with Gasteiger partial charge in [0.2, 0.25) is 0 Å². The van der Waals surface area contributed by atoms with Crippen molar-refractivity contribution < 1.29 is 19.1 Å². The molecule has 2 aromatic carbocycles. The molecule has 3 rings (SSSR count). The van der Waals surface area contributed by atoms with Crippen LogP contribution < -0.4 is 10.1 Å². The molecule has 0 unspecified atom stereocenters. The van der Waals surface area contributed by atoms with Crippen LogP contribution in [0, 0.1) is 6.92 Å². The third-order valence-corrected chi connectivity index (χ3v) is 4.30. The Bertz CT molecular complexity index is 1020. The third kappa shape index (κ3) is 4.17. The minimum Gasteiger partial charge on any atom is -0.481 e. The molecular weight excluding hydrogens is 368 g/mol. The largest absolute Gasteiger partial charge is 0.481 e. The summed E-state index contributed by atoms with van der Waals surface area (Å²) in [5, 5.41) is 4.05. The summed E-state index contributed by atoms with van der Waals surface area (Å²) in [4.78, 5) is 28.2. The molecule has 7 heteroatoms. The molecule has 0 aliphatic rings.